The Bertz CT molecular complexity index is 231. The van der Waals surface area contributed by atoms with Gasteiger partial charge >= 0.3 is 0 Å². The molecular formula is C10H21N3O2. The fraction of sp³-hybridized carbons (Fsp3) is 0.900. The Kier molecular flexibility index (Phi) is 4.07. The zero-order chi connectivity index (χ0) is 11.5. The first kappa shape index (κ1) is 12.4. The number of nitrogens with two attached hydrogens (primary N) is 1. The molecule has 1 aliphatic rings. The standard InChI is InChI=1S/C10H21N3O2/c1-3-8(9(14)12-11)13-6-4-5-10(2,15)7-13/h8,15H,3-7,11H2,1-2H3,(H,12,14). The summed E-state index contributed by atoms with van der Waals surface area (Å²) in [4.78, 5) is 13.5. The second-order valence-corrected chi connectivity index (χ2v) is 4.50. The Morgan fingerprint density at radius 1 is 1.73 bits per heavy atom. The van der Waals surface area contributed by atoms with E-state index in [0.717, 1.165) is 19.4 Å². The van der Waals surface area contributed by atoms with Crippen molar-refractivity contribution in [1.29, 1.82) is 0 Å². The smallest absolute Gasteiger partial charge is 0.251 e. The lowest BCUT2D eigenvalue weighted by molar-refractivity contribution is -0.129. The average Bonchev–Trinajstić information content (AvgIpc) is 2.17. The second kappa shape index (κ2) is 4.92. The van der Waals surface area contributed by atoms with Crippen LogP contribution < -0.4 is 11.3 Å². The molecule has 1 amide bonds. The molecule has 0 spiro atoms. The van der Waals surface area contributed by atoms with Gasteiger partial charge in [0.05, 0.1) is 11.6 Å². The fourth-order valence-corrected chi connectivity index (χ4v) is 2.23. The van der Waals surface area contributed by atoms with Crippen LogP contribution in [0, 0.1) is 0 Å². The van der Waals surface area contributed by atoms with Crippen LogP contribution in [0.2, 0.25) is 0 Å². The number of amides is 1. The van der Waals surface area contributed by atoms with Crippen molar-refractivity contribution >= 4 is 5.91 Å². The Morgan fingerprint density at radius 3 is 2.87 bits per heavy atom. The summed E-state index contributed by atoms with van der Waals surface area (Å²) in [6, 6.07) is -0.221. The van der Waals surface area contributed by atoms with Crippen molar-refractivity contribution in [2.75, 3.05) is 13.1 Å². The van der Waals surface area contributed by atoms with Gasteiger partial charge in [0.2, 0.25) is 0 Å². The molecule has 5 heteroatoms. The van der Waals surface area contributed by atoms with E-state index >= 15 is 0 Å². The highest BCUT2D eigenvalue weighted by molar-refractivity contribution is 5.81. The third-order valence-electron chi connectivity index (χ3n) is 2.98. The lowest BCUT2D eigenvalue weighted by Crippen LogP contribution is -2.55. The summed E-state index contributed by atoms with van der Waals surface area (Å²) in [7, 11) is 0. The lowest BCUT2D eigenvalue weighted by atomic mass is 9.93. The minimum Gasteiger partial charge on any atom is -0.389 e. The van der Waals surface area contributed by atoms with Crippen molar-refractivity contribution in [3.05, 3.63) is 0 Å². The van der Waals surface area contributed by atoms with Crippen molar-refractivity contribution in [1.82, 2.24) is 10.3 Å². The van der Waals surface area contributed by atoms with E-state index in [2.05, 4.69) is 5.43 Å². The molecule has 0 radical (unpaired) electrons. The highest BCUT2D eigenvalue weighted by Crippen LogP contribution is 2.22. The molecule has 1 saturated heterocycles. The number of piperidine rings is 1. The van der Waals surface area contributed by atoms with E-state index in [-0.39, 0.29) is 11.9 Å². The SMILES string of the molecule is CCC(C(=O)NN)N1CCCC(C)(O)C1. The van der Waals surface area contributed by atoms with Crippen molar-refractivity contribution in [2.24, 2.45) is 5.84 Å². The predicted molar refractivity (Wildman–Crippen MR) is 57.8 cm³/mol. The number of hydrazine groups is 1. The van der Waals surface area contributed by atoms with Crippen molar-refractivity contribution in [3.8, 4) is 0 Å². The number of carbonyl (C=O) groups excluding carboxylic acids is 1. The largest absolute Gasteiger partial charge is 0.389 e. The Labute approximate surface area is 90.6 Å². The molecule has 2 atom stereocenters. The number of nitrogens with one attached hydrogen (secondary N) is 1. The van der Waals surface area contributed by atoms with Gasteiger partial charge in [-0.15, -0.1) is 0 Å². The molecule has 0 aromatic carbocycles. The molecule has 1 fully saturated rings. The van der Waals surface area contributed by atoms with E-state index in [4.69, 9.17) is 5.84 Å². The molecule has 0 aliphatic carbocycles. The van der Waals surface area contributed by atoms with Crippen molar-refractivity contribution < 1.29 is 9.90 Å². The molecule has 1 heterocycles. The molecule has 15 heavy (non-hydrogen) atoms. The topological polar surface area (TPSA) is 78.6 Å². The van der Waals surface area contributed by atoms with Gasteiger partial charge in [0.1, 0.15) is 0 Å². The Morgan fingerprint density at radius 2 is 2.40 bits per heavy atom. The number of hydrogen-bond donors (Lipinski definition) is 3. The van der Waals surface area contributed by atoms with Gasteiger partial charge in [0.25, 0.3) is 5.91 Å². The minimum atomic E-state index is -0.680. The van der Waals surface area contributed by atoms with Gasteiger partial charge < -0.3 is 5.11 Å². The van der Waals surface area contributed by atoms with Crippen LogP contribution in [0.25, 0.3) is 0 Å². The van der Waals surface area contributed by atoms with E-state index in [9.17, 15) is 9.90 Å². The van der Waals surface area contributed by atoms with E-state index < -0.39 is 5.60 Å². The molecule has 1 rings (SSSR count). The van der Waals surface area contributed by atoms with Gasteiger partial charge in [-0.25, -0.2) is 5.84 Å². The minimum absolute atomic E-state index is 0.171. The van der Waals surface area contributed by atoms with E-state index in [1.54, 1.807) is 0 Å². The summed E-state index contributed by atoms with van der Waals surface area (Å²) in [6.07, 6.45) is 2.42. The summed E-state index contributed by atoms with van der Waals surface area (Å²) in [5.41, 5.74) is 1.50. The Balaban J connectivity index is 2.64. The zero-order valence-corrected chi connectivity index (χ0v) is 9.49. The number of likely N-dealkylation sites (tertiary alicyclic amines) is 1. The predicted octanol–water partition coefficient (Wildman–Crippen LogP) is -0.398. The second-order valence-electron chi connectivity index (χ2n) is 4.50. The maximum Gasteiger partial charge on any atom is 0.251 e. The van der Waals surface area contributed by atoms with Crippen molar-refractivity contribution in [3.63, 3.8) is 0 Å². The summed E-state index contributed by atoms with van der Waals surface area (Å²) in [6.45, 7) is 5.15. The molecule has 2 unspecified atom stereocenters. The third-order valence-corrected chi connectivity index (χ3v) is 2.98. The molecule has 0 aromatic heterocycles. The first-order valence-corrected chi connectivity index (χ1v) is 5.47. The van der Waals surface area contributed by atoms with Gasteiger partial charge in [0, 0.05) is 6.54 Å². The number of hydrogen-bond acceptors (Lipinski definition) is 4. The number of aliphatic hydroxyl groups is 1. The summed E-state index contributed by atoms with van der Waals surface area (Å²) < 4.78 is 0. The summed E-state index contributed by atoms with van der Waals surface area (Å²) in [5, 5.41) is 9.94. The monoisotopic (exact) mass is 215 g/mol. The zero-order valence-electron chi connectivity index (χ0n) is 9.49. The molecular weight excluding hydrogens is 194 g/mol. The quantitative estimate of drug-likeness (QED) is 0.340. The van der Waals surface area contributed by atoms with E-state index in [1.165, 1.54) is 0 Å². The summed E-state index contributed by atoms with van der Waals surface area (Å²) >= 11 is 0. The van der Waals surface area contributed by atoms with Gasteiger partial charge in [-0.3, -0.25) is 15.1 Å². The molecule has 5 nitrogen and oxygen atoms in total. The lowest BCUT2D eigenvalue weighted by Gasteiger charge is -2.40. The number of carbonyl (C=O) groups is 1. The number of β-amino-alcohol motifs (C(OH)–C–C–N with tert-alkyl or cyclic N) is 1. The normalized spacial score (nSPS) is 29.9. The molecule has 4 N–H and O–H groups in total. The van der Waals surface area contributed by atoms with Crippen LogP contribution >= 0.6 is 0 Å². The maximum atomic E-state index is 11.5. The number of rotatable bonds is 3. The highest BCUT2D eigenvalue weighted by atomic mass is 16.3. The molecule has 0 saturated carbocycles. The molecule has 0 aromatic rings. The van der Waals surface area contributed by atoms with Crippen LogP contribution in [-0.4, -0.2) is 40.6 Å². The number of nitrogens with zero attached hydrogens (tertiary/aromatic N) is 1. The van der Waals surface area contributed by atoms with Crippen LogP contribution in [0.5, 0.6) is 0 Å². The molecule has 88 valence electrons. The van der Waals surface area contributed by atoms with Crippen LogP contribution in [0.15, 0.2) is 0 Å². The highest BCUT2D eigenvalue weighted by Gasteiger charge is 2.33. The van der Waals surface area contributed by atoms with Crippen molar-refractivity contribution in [2.45, 2.75) is 44.8 Å². The van der Waals surface area contributed by atoms with E-state index in [1.807, 2.05) is 18.7 Å². The Hall–Kier alpha value is -0.650. The van der Waals surface area contributed by atoms with Gasteiger partial charge in [-0.05, 0) is 32.7 Å². The van der Waals surface area contributed by atoms with Crippen LogP contribution in [0.1, 0.15) is 33.1 Å². The summed E-state index contributed by atoms with van der Waals surface area (Å²) in [5.74, 6) is 4.96. The first-order chi connectivity index (χ1) is 7.00. The van der Waals surface area contributed by atoms with E-state index in [0.29, 0.717) is 13.0 Å². The molecule has 1 aliphatic heterocycles. The molecule has 0 bridgehead atoms. The third kappa shape index (κ3) is 3.15. The van der Waals surface area contributed by atoms with Crippen LogP contribution in [0.4, 0.5) is 0 Å². The fourth-order valence-electron chi connectivity index (χ4n) is 2.23. The van der Waals surface area contributed by atoms with Gasteiger partial charge in [0.15, 0.2) is 0 Å². The van der Waals surface area contributed by atoms with Crippen LogP contribution in [-0.2, 0) is 4.79 Å². The average molecular weight is 215 g/mol. The van der Waals surface area contributed by atoms with Gasteiger partial charge in [-0.1, -0.05) is 6.92 Å². The van der Waals surface area contributed by atoms with Gasteiger partial charge in [-0.2, -0.15) is 0 Å². The first-order valence-electron chi connectivity index (χ1n) is 5.47. The maximum absolute atomic E-state index is 11.5. The van der Waals surface area contributed by atoms with Crippen LogP contribution in [0.3, 0.4) is 0 Å².